The van der Waals surface area contributed by atoms with E-state index in [9.17, 15) is 10.1 Å². The first-order valence-corrected chi connectivity index (χ1v) is 6.78. The van der Waals surface area contributed by atoms with E-state index < -0.39 is 0 Å². The van der Waals surface area contributed by atoms with Gasteiger partial charge in [-0.15, -0.1) is 0 Å². The molecular formula is C14H18N2O3. The molecule has 0 radical (unpaired) electrons. The highest BCUT2D eigenvalue weighted by atomic mass is 16.6. The number of benzene rings is 1. The van der Waals surface area contributed by atoms with Crippen LogP contribution in [0.3, 0.4) is 0 Å². The maximum absolute atomic E-state index is 10.7. The maximum Gasteiger partial charge on any atom is 0.269 e. The highest BCUT2D eigenvalue weighted by molar-refractivity contribution is 5.56. The number of anilines is 1. The van der Waals surface area contributed by atoms with Crippen LogP contribution in [0.4, 0.5) is 11.4 Å². The number of nitro benzene ring substituents is 1. The second-order valence-corrected chi connectivity index (χ2v) is 5.47. The van der Waals surface area contributed by atoms with E-state index in [0.717, 1.165) is 24.3 Å². The third kappa shape index (κ3) is 2.56. The van der Waals surface area contributed by atoms with Crippen molar-refractivity contribution in [3.8, 4) is 0 Å². The zero-order valence-electron chi connectivity index (χ0n) is 11.0. The Balaban J connectivity index is 1.73. The minimum Gasteiger partial charge on any atom is -0.379 e. The predicted molar refractivity (Wildman–Crippen MR) is 72.3 cm³/mol. The zero-order valence-corrected chi connectivity index (χ0v) is 11.0. The van der Waals surface area contributed by atoms with Crippen molar-refractivity contribution in [2.75, 3.05) is 11.9 Å². The molecule has 3 rings (SSSR count). The van der Waals surface area contributed by atoms with Gasteiger partial charge in [-0.3, -0.25) is 10.1 Å². The molecule has 102 valence electrons. The molecule has 1 aliphatic heterocycles. The lowest BCUT2D eigenvalue weighted by Crippen LogP contribution is -2.31. The van der Waals surface area contributed by atoms with Crippen molar-refractivity contribution >= 4 is 11.4 Å². The number of ether oxygens (including phenoxy) is 1. The maximum atomic E-state index is 10.7. The monoisotopic (exact) mass is 262 g/mol. The summed E-state index contributed by atoms with van der Waals surface area (Å²) in [5.74, 6) is 0.707. The van der Waals surface area contributed by atoms with E-state index >= 15 is 0 Å². The minimum atomic E-state index is -0.359. The summed E-state index contributed by atoms with van der Waals surface area (Å²) in [4.78, 5) is 10.4. The second kappa shape index (κ2) is 4.81. The van der Waals surface area contributed by atoms with Gasteiger partial charge < -0.3 is 10.1 Å². The van der Waals surface area contributed by atoms with Gasteiger partial charge in [-0.05, 0) is 43.7 Å². The van der Waals surface area contributed by atoms with Crippen molar-refractivity contribution in [2.45, 2.75) is 38.3 Å². The van der Waals surface area contributed by atoms with E-state index in [1.165, 1.54) is 12.8 Å². The number of non-ortho nitro benzene ring substituents is 1. The molecule has 19 heavy (non-hydrogen) atoms. The summed E-state index contributed by atoms with van der Waals surface area (Å²) in [6, 6.07) is 5.31. The van der Waals surface area contributed by atoms with Crippen LogP contribution in [0.15, 0.2) is 18.2 Å². The van der Waals surface area contributed by atoms with Crippen LogP contribution in [-0.4, -0.2) is 23.7 Å². The van der Waals surface area contributed by atoms with Gasteiger partial charge in [0.2, 0.25) is 0 Å². The fourth-order valence-electron chi connectivity index (χ4n) is 2.78. The Morgan fingerprint density at radius 2 is 2.16 bits per heavy atom. The van der Waals surface area contributed by atoms with Gasteiger partial charge in [0, 0.05) is 24.4 Å². The van der Waals surface area contributed by atoms with Gasteiger partial charge in [0.1, 0.15) is 0 Å². The van der Waals surface area contributed by atoms with Crippen LogP contribution in [0, 0.1) is 23.0 Å². The van der Waals surface area contributed by atoms with Crippen molar-refractivity contribution in [1.82, 2.24) is 0 Å². The molecule has 1 aromatic rings. The Labute approximate surface area is 112 Å². The van der Waals surface area contributed by atoms with Gasteiger partial charge in [0.15, 0.2) is 0 Å². The Bertz CT molecular complexity index is 499. The third-order valence-electron chi connectivity index (χ3n) is 3.98. The molecule has 2 aliphatic rings. The van der Waals surface area contributed by atoms with Gasteiger partial charge in [-0.25, -0.2) is 0 Å². The molecule has 1 saturated carbocycles. The molecule has 2 fully saturated rings. The molecule has 1 N–H and O–H groups in total. The molecule has 2 atom stereocenters. The number of nitro groups is 1. The van der Waals surface area contributed by atoms with Crippen molar-refractivity contribution < 1.29 is 9.66 Å². The molecular weight excluding hydrogens is 244 g/mol. The first-order valence-electron chi connectivity index (χ1n) is 6.78. The molecule has 0 bridgehead atoms. The lowest BCUT2D eigenvalue weighted by atomic mass is 10.0. The standard InChI is InChI=1S/C14H18N2O3/c1-9-8-11(16(17)18)4-5-12(9)15-13-6-7-19-14(13)10-2-3-10/h4-5,8,10,13-15H,2-3,6-7H2,1H3. The average Bonchev–Trinajstić information content (AvgIpc) is 3.12. The van der Waals surface area contributed by atoms with Crippen LogP contribution in [0.2, 0.25) is 0 Å². The summed E-state index contributed by atoms with van der Waals surface area (Å²) in [6.07, 6.45) is 3.86. The van der Waals surface area contributed by atoms with E-state index in [-0.39, 0.29) is 10.6 Å². The van der Waals surface area contributed by atoms with Crippen molar-refractivity contribution in [1.29, 1.82) is 0 Å². The number of hydrogen-bond acceptors (Lipinski definition) is 4. The molecule has 0 aromatic heterocycles. The summed E-state index contributed by atoms with van der Waals surface area (Å²) < 4.78 is 5.79. The summed E-state index contributed by atoms with van der Waals surface area (Å²) in [6.45, 7) is 2.71. The van der Waals surface area contributed by atoms with Gasteiger partial charge >= 0.3 is 0 Å². The van der Waals surface area contributed by atoms with Crippen LogP contribution < -0.4 is 5.32 Å². The van der Waals surface area contributed by atoms with Crippen LogP contribution in [0.25, 0.3) is 0 Å². The second-order valence-electron chi connectivity index (χ2n) is 5.47. The third-order valence-corrected chi connectivity index (χ3v) is 3.98. The summed E-state index contributed by atoms with van der Waals surface area (Å²) in [5.41, 5.74) is 2.03. The van der Waals surface area contributed by atoms with Crippen molar-refractivity contribution in [2.24, 2.45) is 5.92 Å². The van der Waals surface area contributed by atoms with E-state index in [2.05, 4.69) is 5.32 Å². The minimum absolute atomic E-state index is 0.143. The Morgan fingerprint density at radius 3 is 2.79 bits per heavy atom. The molecule has 1 saturated heterocycles. The molecule has 0 spiro atoms. The molecule has 1 aromatic carbocycles. The van der Waals surface area contributed by atoms with Gasteiger partial charge in [-0.1, -0.05) is 0 Å². The topological polar surface area (TPSA) is 64.4 Å². The van der Waals surface area contributed by atoms with Gasteiger partial charge in [0.05, 0.1) is 17.1 Å². The Hall–Kier alpha value is -1.62. The highest BCUT2D eigenvalue weighted by Gasteiger charge is 2.40. The quantitative estimate of drug-likeness (QED) is 0.669. The van der Waals surface area contributed by atoms with E-state index in [4.69, 9.17) is 4.74 Å². The zero-order chi connectivity index (χ0) is 13.4. The van der Waals surface area contributed by atoms with Crippen molar-refractivity contribution in [3.63, 3.8) is 0 Å². The highest BCUT2D eigenvalue weighted by Crippen LogP contribution is 2.39. The molecule has 5 nitrogen and oxygen atoms in total. The molecule has 1 aliphatic carbocycles. The molecule has 2 unspecified atom stereocenters. The van der Waals surface area contributed by atoms with E-state index in [0.29, 0.717) is 18.1 Å². The predicted octanol–water partition coefficient (Wildman–Crippen LogP) is 2.88. The number of nitrogens with zero attached hydrogens (tertiary/aromatic N) is 1. The van der Waals surface area contributed by atoms with Crippen LogP contribution in [0.5, 0.6) is 0 Å². The van der Waals surface area contributed by atoms with Crippen LogP contribution >= 0.6 is 0 Å². The average molecular weight is 262 g/mol. The Kier molecular flexibility index (Phi) is 3.14. The largest absolute Gasteiger partial charge is 0.379 e. The SMILES string of the molecule is Cc1cc([N+](=O)[O-])ccc1NC1CCOC1C1CC1. The lowest BCUT2D eigenvalue weighted by molar-refractivity contribution is -0.384. The summed E-state index contributed by atoms with van der Waals surface area (Å²) >= 11 is 0. The van der Waals surface area contributed by atoms with E-state index in [1.807, 2.05) is 6.92 Å². The molecule has 1 heterocycles. The number of nitrogens with one attached hydrogen (secondary N) is 1. The van der Waals surface area contributed by atoms with Gasteiger partial charge in [-0.2, -0.15) is 0 Å². The number of rotatable bonds is 4. The normalized spacial score (nSPS) is 26.4. The van der Waals surface area contributed by atoms with Crippen molar-refractivity contribution in [3.05, 3.63) is 33.9 Å². The van der Waals surface area contributed by atoms with Crippen LogP contribution in [-0.2, 0) is 4.74 Å². The number of hydrogen-bond donors (Lipinski definition) is 1. The molecule has 0 amide bonds. The first kappa shape index (κ1) is 12.4. The summed E-state index contributed by atoms with van der Waals surface area (Å²) in [5, 5.41) is 14.2. The summed E-state index contributed by atoms with van der Waals surface area (Å²) in [7, 11) is 0. The van der Waals surface area contributed by atoms with E-state index in [1.54, 1.807) is 18.2 Å². The fraction of sp³-hybridized carbons (Fsp3) is 0.571. The smallest absolute Gasteiger partial charge is 0.269 e. The van der Waals surface area contributed by atoms with Crippen LogP contribution in [0.1, 0.15) is 24.8 Å². The first-order chi connectivity index (χ1) is 9.15. The fourth-order valence-corrected chi connectivity index (χ4v) is 2.78. The van der Waals surface area contributed by atoms with Gasteiger partial charge in [0.25, 0.3) is 5.69 Å². The Morgan fingerprint density at radius 1 is 1.37 bits per heavy atom. The molecule has 5 heteroatoms. The number of aryl methyl sites for hydroxylation is 1. The lowest BCUT2D eigenvalue weighted by Gasteiger charge is -2.21.